The largest absolute Gasteiger partial charge is 0.476 e. The molecule has 0 aliphatic heterocycles. The smallest absolute Gasteiger partial charge is 0.400 e. The number of halogens is 3. The summed E-state index contributed by atoms with van der Waals surface area (Å²) in [6.45, 7) is 2.11. The number of oxazole rings is 1. The number of hydrogen-bond acceptors (Lipinski definition) is 3. The second-order valence-corrected chi connectivity index (χ2v) is 3.03. The second kappa shape index (κ2) is 3.56. The molecule has 1 heterocycles. The molecule has 1 atom stereocenters. The normalized spacial score (nSPS) is 13.9. The maximum atomic E-state index is 12.2. The number of carboxylic acids is 1. The molecule has 0 spiro atoms. The van der Waals surface area contributed by atoms with E-state index in [0.29, 0.717) is 0 Å². The Morgan fingerprint density at radius 1 is 1.53 bits per heavy atom. The van der Waals surface area contributed by atoms with Crippen LogP contribution in [0.15, 0.2) is 4.42 Å². The van der Waals surface area contributed by atoms with Crippen LogP contribution in [0.3, 0.4) is 0 Å². The molecule has 0 bridgehead atoms. The molecule has 7 heteroatoms. The first-order valence-electron chi connectivity index (χ1n) is 4.00. The highest BCUT2D eigenvalue weighted by Gasteiger charge is 2.41. The topological polar surface area (TPSA) is 63.3 Å². The van der Waals surface area contributed by atoms with Crippen LogP contribution in [0, 0.1) is 6.92 Å². The summed E-state index contributed by atoms with van der Waals surface area (Å²) >= 11 is 0. The molecule has 0 saturated carbocycles. The van der Waals surface area contributed by atoms with Gasteiger partial charge in [0.05, 0.1) is 0 Å². The SMILES string of the molecule is Cc1oc(C(C)C(F)(F)F)nc1C(=O)O. The Morgan fingerprint density at radius 2 is 2.07 bits per heavy atom. The minimum absolute atomic E-state index is 0.131. The second-order valence-electron chi connectivity index (χ2n) is 3.03. The minimum atomic E-state index is -4.49. The number of carbonyl (C=O) groups is 1. The Hall–Kier alpha value is -1.53. The molecule has 0 saturated heterocycles. The van der Waals surface area contributed by atoms with Crippen molar-refractivity contribution in [1.82, 2.24) is 4.98 Å². The first kappa shape index (κ1) is 11.5. The van der Waals surface area contributed by atoms with E-state index in [1.807, 2.05) is 0 Å². The molecule has 0 aromatic carbocycles. The van der Waals surface area contributed by atoms with Gasteiger partial charge in [0, 0.05) is 0 Å². The molecule has 0 aliphatic rings. The van der Waals surface area contributed by atoms with E-state index in [1.165, 1.54) is 6.92 Å². The summed E-state index contributed by atoms with van der Waals surface area (Å²) in [4.78, 5) is 13.8. The lowest BCUT2D eigenvalue weighted by molar-refractivity contribution is -0.150. The van der Waals surface area contributed by atoms with E-state index in [1.54, 1.807) is 0 Å². The summed E-state index contributed by atoms with van der Waals surface area (Å²) in [6.07, 6.45) is -4.49. The number of aromatic nitrogens is 1. The Bertz CT molecular complexity index is 383. The monoisotopic (exact) mass is 223 g/mol. The van der Waals surface area contributed by atoms with Crippen LogP contribution in [-0.4, -0.2) is 22.2 Å². The number of carboxylic acid groups (broad SMARTS) is 1. The van der Waals surface area contributed by atoms with Crippen molar-refractivity contribution < 1.29 is 27.5 Å². The Morgan fingerprint density at radius 3 is 2.40 bits per heavy atom. The molecular weight excluding hydrogens is 215 g/mol. The molecule has 0 aliphatic carbocycles. The van der Waals surface area contributed by atoms with Crippen LogP contribution in [0.25, 0.3) is 0 Å². The van der Waals surface area contributed by atoms with Gasteiger partial charge in [-0.3, -0.25) is 0 Å². The first-order valence-corrected chi connectivity index (χ1v) is 4.00. The van der Waals surface area contributed by atoms with Crippen molar-refractivity contribution >= 4 is 5.97 Å². The molecule has 15 heavy (non-hydrogen) atoms. The van der Waals surface area contributed by atoms with E-state index < -0.39 is 29.6 Å². The maximum Gasteiger partial charge on any atom is 0.400 e. The molecule has 4 nitrogen and oxygen atoms in total. The number of alkyl halides is 3. The fraction of sp³-hybridized carbons (Fsp3) is 0.500. The number of hydrogen-bond donors (Lipinski definition) is 1. The van der Waals surface area contributed by atoms with Gasteiger partial charge in [-0.05, 0) is 13.8 Å². The van der Waals surface area contributed by atoms with Crippen LogP contribution in [-0.2, 0) is 0 Å². The summed E-state index contributed by atoms with van der Waals surface area (Å²) in [5, 5.41) is 8.56. The van der Waals surface area contributed by atoms with E-state index in [0.717, 1.165) is 6.92 Å². The van der Waals surface area contributed by atoms with Crippen molar-refractivity contribution in [3.05, 3.63) is 17.3 Å². The average Bonchev–Trinajstić information content (AvgIpc) is 2.44. The summed E-state index contributed by atoms with van der Waals surface area (Å²) in [6, 6.07) is 0. The third-order valence-electron chi connectivity index (χ3n) is 1.88. The third kappa shape index (κ3) is 2.28. The van der Waals surface area contributed by atoms with Crippen molar-refractivity contribution in [2.45, 2.75) is 25.9 Å². The van der Waals surface area contributed by atoms with Gasteiger partial charge in [0.2, 0.25) is 5.89 Å². The fourth-order valence-electron chi connectivity index (χ4n) is 0.941. The summed E-state index contributed by atoms with van der Waals surface area (Å²) in [7, 11) is 0. The highest BCUT2D eigenvalue weighted by molar-refractivity contribution is 5.86. The van der Waals surface area contributed by atoms with E-state index in [-0.39, 0.29) is 5.76 Å². The zero-order valence-electron chi connectivity index (χ0n) is 7.92. The molecule has 1 rings (SSSR count). The van der Waals surface area contributed by atoms with Gasteiger partial charge in [-0.25, -0.2) is 9.78 Å². The highest BCUT2D eigenvalue weighted by atomic mass is 19.4. The minimum Gasteiger partial charge on any atom is -0.476 e. The molecule has 0 radical (unpaired) electrons. The van der Waals surface area contributed by atoms with Crippen molar-refractivity contribution in [3.63, 3.8) is 0 Å². The average molecular weight is 223 g/mol. The van der Waals surface area contributed by atoms with Crippen LogP contribution in [0.4, 0.5) is 13.2 Å². The maximum absolute atomic E-state index is 12.2. The number of rotatable bonds is 2. The van der Waals surface area contributed by atoms with Crippen LogP contribution < -0.4 is 0 Å². The van der Waals surface area contributed by atoms with Crippen LogP contribution in [0.2, 0.25) is 0 Å². The third-order valence-corrected chi connectivity index (χ3v) is 1.88. The molecule has 0 fully saturated rings. The predicted molar refractivity (Wildman–Crippen MR) is 42.7 cm³/mol. The number of aromatic carboxylic acids is 1. The van der Waals surface area contributed by atoms with Crippen molar-refractivity contribution in [2.24, 2.45) is 0 Å². The van der Waals surface area contributed by atoms with Crippen LogP contribution >= 0.6 is 0 Å². The Kier molecular flexibility index (Phi) is 2.74. The zero-order chi connectivity index (χ0) is 11.8. The number of aryl methyl sites for hydroxylation is 1. The highest BCUT2D eigenvalue weighted by Crippen LogP contribution is 2.34. The number of nitrogens with zero attached hydrogens (tertiary/aromatic N) is 1. The van der Waals surface area contributed by atoms with Gasteiger partial charge in [0.25, 0.3) is 0 Å². The molecule has 1 aromatic heterocycles. The van der Waals surface area contributed by atoms with Gasteiger partial charge in [-0.15, -0.1) is 0 Å². The lowest BCUT2D eigenvalue weighted by Crippen LogP contribution is -2.18. The van der Waals surface area contributed by atoms with Gasteiger partial charge >= 0.3 is 12.1 Å². The van der Waals surface area contributed by atoms with Crippen LogP contribution in [0.5, 0.6) is 0 Å². The van der Waals surface area contributed by atoms with Gasteiger partial charge < -0.3 is 9.52 Å². The Balaban J connectivity index is 3.08. The van der Waals surface area contributed by atoms with E-state index >= 15 is 0 Å². The quantitative estimate of drug-likeness (QED) is 0.835. The van der Waals surface area contributed by atoms with Crippen molar-refractivity contribution in [3.8, 4) is 0 Å². The van der Waals surface area contributed by atoms with E-state index in [4.69, 9.17) is 5.11 Å². The zero-order valence-corrected chi connectivity index (χ0v) is 7.92. The standard InChI is InChI=1S/C8H8F3NO3/c1-3(8(9,10)11)6-12-5(7(13)14)4(2)15-6/h3H,1-2H3,(H,13,14). The van der Waals surface area contributed by atoms with E-state index in [9.17, 15) is 18.0 Å². The Labute approximate surface area is 82.7 Å². The lowest BCUT2D eigenvalue weighted by atomic mass is 10.2. The molecule has 84 valence electrons. The lowest BCUT2D eigenvalue weighted by Gasteiger charge is -2.10. The summed E-state index contributed by atoms with van der Waals surface area (Å²) in [5.74, 6) is -4.08. The van der Waals surface area contributed by atoms with Gasteiger partial charge in [0.15, 0.2) is 5.69 Å². The fourth-order valence-corrected chi connectivity index (χ4v) is 0.941. The van der Waals surface area contributed by atoms with E-state index in [2.05, 4.69) is 9.40 Å². The summed E-state index contributed by atoms with van der Waals surface area (Å²) < 4.78 is 41.3. The summed E-state index contributed by atoms with van der Waals surface area (Å²) in [5.41, 5.74) is -0.485. The molecule has 0 amide bonds. The van der Waals surface area contributed by atoms with Gasteiger partial charge in [-0.2, -0.15) is 13.2 Å². The van der Waals surface area contributed by atoms with Crippen LogP contribution in [0.1, 0.15) is 35.0 Å². The predicted octanol–water partition coefficient (Wildman–Crippen LogP) is 2.35. The molecule has 1 aromatic rings. The first-order chi connectivity index (χ1) is 6.73. The van der Waals surface area contributed by atoms with Crippen molar-refractivity contribution in [1.29, 1.82) is 0 Å². The molecular formula is C8H8F3NO3. The molecule has 1 N–H and O–H groups in total. The van der Waals surface area contributed by atoms with Gasteiger partial charge in [0.1, 0.15) is 11.7 Å². The molecule has 1 unspecified atom stereocenters. The van der Waals surface area contributed by atoms with Gasteiger partial charge in [-0.1, -0.05) is 0 Å². The van der Waals surface area contributed by atoms with Crippen molar-refractivity contribution in [2.75, 3.05) is 0 Å².